The molecule has 0 bridgehead atoms. The maximum atomic E-state index is 13.1. The van der Waals surface area contributed by atoms with Crippen LogP contribution in [0.2, 0.25) is 0 Å². The normalized spacial score (nSPS) is 14.8. The quantitative estimate of drug-likeness (QED) is 0.567. The van der Waals surface area contributed by atoms with E-state index in [4.69, 9.17) is 9.47 Å². The standard InChI is InChI=1S/C24H35N3O5S/c1-5-31-21-11-10-19(16-22(21)32-6-2)12-13-25-24(28)20-17-23(18(3)26(20)4)33(29,30)27-14-8-7-9-15-27/h10-11,16-17H,5-9,12-15H2,1-4H3,(H,25,28). The first-order valence-corrected chi connectivity index (χ1v) is 13.1. The Hall–Kier alpha value is -2.52. The third-order valence-corrected chi connectivity index (χ3v) is 7.98. The lowest BCUT2D eigenvalue weighted by atomic mass is 10.1. The Kier molecular flexibility index (Phi) is 8.42. The van der Waals surface area contributed by atoms with E-state index in [-0.39, 0.29) is 10.8 Å². The van der Waals surface area contributed by atoms with Gasteiger partial charge in [0.1, 0.15) is 10.6 Å². The van der Waals surface area contributed by atoms with Crippen molar-refractivity contribution < 1.29 is 22.7 Å². The van der Waals surface area contributed by atoms with Crippen LogP contribution in [0.5, 0.6) is 11.5 Å². The molecule has 3 rings (SSSR count). The number of piperidine rings is 1. The third kappa shape index (κ3) is 5.70. The molecule has 0 spiro atoms. The molecule has 0 saturated carbocycles. The number of carbonyl (C=O) groups excluding carboxylic acids is 1. The van der Waals surface area contributed by atoms with Crippen LogP contribution >= 0.6 is 0 Å². The van der Waals surface area contributed by atoms with Crippen molar-refractivity contribution in [2.24, 2.45) is 7.05 Å². The van der Waals surface area contributed by atoms with Gasteiger partial charge in [-0.1, -0.05) is 12.5 Å². The van der Waals surface area contributed by atoms with Gasteiger partial charge in [0, 0.05) is 32.4 Å². The number of nitrogens with one attached hydrogen (secondary N) is 1. The summed E-state index contributed by atoms with van der Waals surface area (Å²) in [6, 6.07) is 7.26. The molecule has 1 aromatic heterocycles. The zero-order valence-corrected chi connectivity index (χ0v) is 20.8. The first kappa shape index (κ1) is 25.1. The molecule has 1 amide bonds. The predicted molar refractivity (Wildman–Crippen MR) is 128 cm³/mol. The Bertz CT molecular complexity index is 1070. The molecule has 0 atom stereocenters. The number of rotatable bonds is 10. The van der Waals surface area contributed by atoms with E-state index in [1.54, 1.807) is 18.5 Å². The van der Waals surface area contributed by atoms with Gasteiger partial charge in [-0.05, 0) is 63.8 Å². The molecule has 1 N–H and O–H groups in total. The van der Waals surface area contributed by atoms with Crippen molar-refractivity contribution in [1.82, 2.24) is 14.2 Å². The fourth-order valence-corrected chi connectivity index (χ4v) is 5.84. The number of nitrogens with zero attached hydrogens (tertiary/aromatic N) is 2. The molecular formula is C24H35N3O5S. The van der Waals surface area contributed by atoms with Crippen LogP contribution in [-0.2, 0) is 23.5 Å². The monoisotopic (exact) mass is 477 g/mol. The summed E-state index contributed by atoms with van der Waals surface area (Å²) in [6.45, 7) is 8.16. The largest absolute Gasteiger partial charge is 0.490 e. The van der Waals surface area contributed by atoms with Crippen molar-refractivity contribution in [1.29, 1.82) is 0 Å². The summed E-state index contributed by atoms with van der Waals surface area (Å²) in [4.78, 5) is 13.1. The van der Waals surface area contributed by atoms with Gasteiger partial charge in [-0.2, -0.15) is 4.31 Å². The Balaban J connectivity index is 1.68. The Morgan fingerprint density at radius 3 is 2.36 bits per heavy atom. The number of sulfonamides is 1. The van der Waals surface area contributed by atoms with E-state index in [1.807, 2.05) is 32.0 Å². The highest BCUT2D eigenvalue weighted by Gasteiger charge is 2.30. The summed E-state index contributed by atoms with van der Waals surface area (Å²) < 4.78 is 40.7. The summed E-state index contributed by atoms with van der Waals surface area (Å²) in [5.74, 6) is 1.10. The topological polar surface area (TPSA) is 89.9 Å². The van der Waals surface area contributed by atoms with E-state index in [2.05, 4.69) is 5.32 Å². The SMILES string of the molecule is CCOc1ccc(CCNC(=O)c2cc(S(=O)(=O)N3CCCCC3)c(C)n2C)cc1OCC. The molecule has 2 heterocycles. The summed E-state index contributed by atoms with van der Waals surface area (Å²) in [7, 11) is -1.88. The number of benzene rings is 1. The second kappa shape index (κ2) is 11.1. The lowest BCUT2D eigenvalue weighted by molar-refractivity contribution is 0.0945. The fourth-order valence-electron chi connectivity index (χ4n) is 4.06. The second-order valence-corrected chi connectivity index (χ2v) is 10.1. The minimum atomic E-state index is -3.60. The zero-order chi connectivity index (χ0) is 24.0. The number of amides is 1. The molecule has 0 radical (unpaired) electrons. The second-order valence-electron chi connectivity index (χ2n) is 8.16. The number of ether oxygens (including phenoxy) is 2. The number of carbonyl (C=O) groups is 1. The Labute approximate surface area is 196 Å². The molecule has 2 aromatic rings. The number of hydrogen-bond donors (Lipinski definition) is 1. The molecular weight excluding hydrogens is 442 g/mol. The van der Waals surface area contributed by atoms with Crippen LogP contribution in [0.3, 0.4) is 0 Å². The molecule has 33 heavy (non-hydrogen) atoms. The van der Waals surface area contributed by atoms with E-state index in [0.717, 1.165) is 24.8 Å². The van der Waals surface area contributed by atoms with Gasteiger partial charge >= 0.3 is 0 Å². The average molecular weight is 478 g/mol. The molecule has 1 fully saturated rings. The molecule has 1 saturated heterocycles. The zero-order valence-electron chi connectivity index (χ0n) is 20.0. The molecule has 0 aliphatic carbocycles. The van der Waals surface area contributed by atoms with Crippen LogP contribution in [0.15, 0.2) is 29.2 Å². The van der Waals surface area contributed by atoms with Gasteiger partial charge in [0.25, 0.3) is 5.91 Å². The molecule has 182 valence electrons. The molecule has 0 unspecified atom stereocenters. The van der Waals surface area contributed by atoms with Gasteiger partial charge in [-0.15, -0.1) is 0 Å². The third-order valence-electron chi connectivity index (χ3n) is 5.96. The first-order valence-electron chi connectivity index (χ1n) is 11.6. The minimum Gasteiger partial charge on any atom is -0.490 e. The Morgan fingerprint density at radius 2 is 1.70 bits per heavy atom. The molecule has 8 nitrogen and oxygen atoms in total. The van der Waals surface area contributed by atoms with Crippen molar-refractivity contribution in [3.63, 3.8) is 0 Å². The number of hydrogen-bond acceptors (Lipinski definition) is 5. The lowest BCUT2D eigenvalue weighted by Crippen LogP contribution is -2.35. The van der Waals surface area contributed by atoms with Crippen molar-refractivity contribution in [3.05, 3.63) is 41.2 Å². The van der Waals surface area contributed by atoms with Crippen molar-refractivity contribution in [2.75, 3.05) is 32.8 Å². The van der Waals surface area contributed by atoms with Crippen molar-refractivity contribution in [3.8, 4) is 11.5 Å². The van der Waals surface area contributed by atoms with E-state index >= 15 is 0 Å². The summed E-state index contributed by atoms with van der Waals surface area (Å²) in [6.07, 6.45) is 3.40. The van der Waals surface area contributed by atoms with Gasteiger partial charge in [-0.25, -0.2) is 8.42 Å². The summed E-state index contributed by atoms with van der Waals surface area (Å²) >= 11 is 0. The highest BCUT2D eigenvalue weighted by atomic mass is 32.2. The average Bonchev–Trinajstić information content (AvgIpc) is 3.11. The van der Waals surface area contributed by atoms with Crippen LogP contribution in [0, 0.1) is 6.92 Å². The highest BCUT2D eigenvalue weighted by Crippen LogP contribution is 2.29. The van der Waals surface area contributed by atoms with Gasteiger partial charge < -0.3 is 19.4 Å². The van der Waals surface area contributed by atoms with Crippen LogP contribution in [-0.4, -0.2) is 56.0 Å². The Morgan fingerprint density at radius 1 is 1.03 bits per heavy atom. The molecule has 1 aromatic carbocycles. The molecule has 1 aliphatic rings. The van der Waals surface area contributed by atoms with Crippen molar-refractivity contribution in [2.45, 2.75) is 51.3 Å². The highest BCUT2D eigenvalue weighted by molar-refractivity contribution is 7.89. The van der Waals surface area contributed by atoms with E-state index < -0.39 is 10.0 Å². The van der Waals surface area contributed by atoms with Crippen LogP contribution < -0.4 is 14.8 Å². The first-order chi connectivity index (χ1) is 15.8. The van der Waals surface area contributed by atoms with Gasteiger partial charge in [0.05, 0.1) is 13.2 Å². The summed E-state index contributed by atoms with van der Waals surface area (Å²) in [5.41, 5.74) is 1.92. The maximum Gasteiger partial charge on any atom is 0.267 e. The predicted octanol–water partition coefficient (Wildman–Crippen LogP) is 3.28. The fraction of sp³-hybridized carbons (Fsp3) is 0.542. The van der Waals surface area contributed by atoms with Gasteiger partial charge in [0.15, 0.2) is 11.5 Å². The molecule has 1 aliphatic heterocycles. The maximum absolute atomic E-state index is 13.1. The minimum absolute atomic E-state index is 0.213. The van der Waals surface area contributed by atoms with Crippen LogP contribution in [0.25, 0.3) is 0 Å². The number of aromatic nitrogens is 1. The lowest BCUT2D eigenvalue weighted by Gasteiger charge is -2.25. The van der Waals surface area contributed by atoms with E-state index in [1.165, 1.54) is 10.4 Å². The molecule has 9 heteroatoms. The van der Waals surface area contributed by atoms with Crippen LogP contribution in [0.4, 0.5) is 0 Å². The van der Waals surface area contributed by atoms with Crippen molar-refractivity contribution >= 4 is 15.9 Å². The van der Waals surface area contributed by atoms with E-state index in [0.29, 0.717) is 62.2 Å². The van der Waals surface area contributed by atoms with E-state index in [9.17, 15) is 13.2 Å². The van der Waals surface area contributed by atoms with Gasteiger partial charge in [0.2, 0.25) is 10.0 Å². The smallest absolute Gasteiger partial charge is 0.267 e. The van der Waals surface area contributed by atoms with Crippen LogP contribution in [0.1, 0.15) is 54.9 Å². The summed E-state index contributed by atoms with van der Waals surface area (Å²) in [5, 5.41) is 2.91. The van der Waals surface area contributed by atoms with Gasteiger partial charge in [-0.3, -0.25) is 4.79 Å².